The predicted octanol–water partition coefficient (Wildman–Crippen LogP) is 3.56. The highest BCUT2D eigenvalue weighted by atomic mass is 79.9. The van der Waals surface area contributed by atoms with E-state index in [1.807, 2.05) is 30.3 Å². The molecule has 1 rings (SSSR count). The van der Waals surface area contributed by atoms with E-state index < -0.39 is 0 Å². The van der Waals surface area contributed by atoms with Gasteiger partial charge in [-0.2, -0.15) is 0 Å². The fraction of sp³-hybridized carbons (Fsp3) is 0.571. The van der Waals surface area contributed by atoms with Gasteiger partial charge in [-0.3, -0.25) is 0 Å². The van der Waals surface area contributed by atoms with Crippen LogP contribution in [0.3, 0.4) is 0 Å². The van der Waals surface area contributed by atoms with E-state index in [4.69, 9.17) is 4.74 Å². The lowest BCUT2D eigenvalue weighted by molar-refractivity contribution is 0.243. The Morgan fingerprint density at radius 2 is 1.88 bits per heavy atom. The molecule has 0 aliphatic heterocycles. The highest BCUT2D eigenvalue weighted by Crippen LogP contribution is 2.08. The zero-order valence-corrected chi connectivity index (χ0v) is 12.2. The van der Waals surface area contributed by atoms with E-state index in [1.165, 1.54) is 13.0 Å². The van der Waals surface area contributed by atoms with Gasteiger partial charge < -0.3 is 9.64 Å². The van der Waals surface area contributed by atoms with Gasteiger partial charge in [0.15, 0.2) is 0 Å². The average Bonchev–Trinajstić information content (AvgIpc) is 2.36. The second-order valence-corrected chi connectivity index (χ2v) is 4.84. The Hall–Kier alpha value is -0.540. The highest BCUT2D eigenvalue weighted by Gasteiger charge is 2.02. The molecule has 0 N–H and O–H groups in total. The van der Waals surface area contributed by atoms with Crippen LogP contribution in [-0.4, -0.2) is 36.5 Å². The summed E-state index contributed by atoms with van der Waals surface area (Å²) >= 11 is 3.49. The monoisotopic (exact) mass is 299 g/mol. The first-order valence-corrected chi connectivity index (χ1v) is 7.45. The number of alkyl halides is 1. The summed E-state index contributed by atoms with van der Waals surface area (Å²) in [4.78, 5) is 2.48. The van der Waals surface area contributed by atoms with Crippen LogP contribution in [-0.2, 0) is 0 Å². The van der Waals surface area contributed by atoms with E-state index in [2.05, 4.69) is 27.8 Å². The first-order valence-electron chi connectivity index (χ1n) is 6.33. The molecule has 1 aromatic carbocycles. The molecule has 0 radical (unpaired) electrons. The quantitative estimate of drug-likeness (QED) is 0.511. The van der Waals surface area contributed by atoms with Crippen molar-refractivity contribution in [2.75, 3.05) is 31.6 Å². The summed E-state index contributed by atoms with van der Waals surface area (Å²) in [6.07, 6.45) is 2.30. The van der Waals surface area contributed by atoms with Crippen molar-refractivity contribution < 1.29 is 4.74 Å². The molecule has 0 atom stereocenters. The summed E-state index contributed by atoms with van der Waals surface area (Å²) < 4.78 is 5.67. The fourth-order valence-electron chi connectivity index (χ4n) is 1.77. The molecule has 0 aliphatic rings. The topological polar surface area (TPSA) is 12.5 Å². The third kappa shape index (κ3) is 6.69. The van der Waals surface area contributed by atoms with Crippen LogP contribution in [0.2, 0.25) is 0 Å². The van der Waals surface area contributed by atoms with E-state index in [1.54, 1.807) is 0 Å². The summed E-state index contributed by atoms with van der Waals surface area (Å²) in [5.41, 5.74) is 0. The Balaban J connectivity index is 2.13. The molecule has 0 amide bonds. The molecular weight excluding hydrogens is 278 g/mol. The van der Waals surface area contributed by atoms with Crippen molar-refractivity contribution in [1.29, 1.82) is 0 Å². The number of benzene rings is 1. The lowest BCUT2D eigenvalue weighted by Crippen LogP contribution is -2.28. The third-order valence-electron chi connectivity index (χ3n) is 2.57. The lowest BCUT2D eigenvalue weighted by Gasteiger charge is -2.20. The van der Waals surface area contributed by atoms with Gasteiger partial charge in [0.2, 0.25) is 0 Å². The first-order chi connectivity index (χ1) is 8.36. The average molecular weight is 300 g/mol. The largest absolute Gasteiger partial charge is 0.494 e. The van der Waals surface area contributed by atoms with Crippen molar-refractivity contribution >= 4 is 15.9 Å². The molecule has 0 heterocycles. The molecule has 0 aliphatic carbocycles. The number of rotatable bonds is 9. The van der Waals surface area contributed by atoms with Crippen LogP contribution < -0.4 is 4.74 Å². The first kappa shape index (κ1) is 14.5. The molecule has 0 aromatic heterocycles. The maximum atomic E-state index is 5.67. The minimum Gasteiger partial charge on any atom is -0.494 e. The minimum absolute atomic E-state index is 0.798. The molecule has 0 bridgehead atoms. The van der Waals surface area contributed by atoms with Gasteiger partial charge in [-0.15, -0.1) is 0 Å². The molecule has 2 nitrogen and oxygen atoms in total. The summed E-state index contributed by atoms with van der Waals surface area (Å²) in [5.74, 6) is 0.968. The molecule has 96 valence electrons. The Labute approximate surface area is 113 Å². The SMILES string of the molecule is CCCN(CCBr)CCCOc1ccccc1. The van der Waals surface area contributed by atoms with E-state index >= 15 is 0 Å². The van der Waals surface area contributed by atoms with Crippen molar-refractivity contribution in [3.8, 4) is 5.75 Å². The van der Waals surface area contributed by atoms with E-state index in [9.17, 15) is 0 Å². The van der Waals surface area contributed by atoms with Crippen molar-refractivity contribution in [3.63, 3.8) is 0 Å². The predicted molar refractivity (Wildman–Crippen MR) is 77.1 cm³/mol. The number of nitrogens with zero attached hydrogens (tertiary/aromatic N) is 1. The third-order valence-corrected chi connectivity index (χ3v) is 2.93. The van der Waals surface area contributed by atoms with Crippen LogP contribution in [0.5, 0.6) is 5.75 Å². The van der Waals surface area contributed by atoms with Crippen molar-refractivity contribution in [2.24, 2.45) is 0 Å². The maximum absolute atomic E-state index is 5.67. The fourth-order valence-corrected chi connectivity index (χ4v) is 2.27. The summed E-state index contributed by atoms with van der Waals surface area (Å²) in [6, 6.07) is 10.0. The lowest BCUT2D eigenvalue weighted by atomic mass is 10.3. The summed E-state index contributed by atoms with van der Waals surface area (Å²) in [5, 5.41) is 1.05. The van der Waals surface area contributed by atoms with Crippen LogP contribution in [0, 0.1) is 0 Å². The smallest absolute Gasteiger partial charge is 0.119 e. The number of ether oxygens (including phenoxy) is 1. The molecule has 0 fully saturated rings. The molecule has 1 aromatic rings. The second-order valence-electron chi connectivity index (χ2n) is 4.05. The van der Waals surface area contributed by atoms with Crippen LogP contribution in [0.15, 0.2) is 30.3 Å². The van der Waals surface area contributed by atoms with Crippen molar-refractivity contribution in [3.05, 3.63) is 30.3 Å². The number of hydrogen-bond donors (Lipinski definition) is 0. The zero-order chi connectivity index (χ0) is 12.3. The van der Waals surface area contributed by atoms with Gasteiger partial charge in [0.25, 0.3) is 0 Å². The summed E-state index contributed by atoms with van der Waals surface area (Å²) in [7, 11) is 0. The van der Waals surface area contributed by atoms with Gasteiger partial charge in [0.05, 0.1) is 6.61 Å². The summed E-state index contributed by atoms with van der Waals surface area (Å²) in [6.45, 7) is 6.44. The van der Waals surface area contributed by atoms with Gasteiger partial charge in [-0.05, 0) is 31.5 Å². The van der Waals surface area contributed by atoms with Crippen molar-refractivity contribution in [1.82, 2.24) is 4.90 Å². The zero-order valence-electron chi connectivity index (χ0n) is 10.6. The van der Waals surface area contributed by atoms with Gasteiger partial charge in [-0.25, -0.2) is 0 Å². The van der Waals surface area contributed by atoms with Gasteiger partial charge in [0, 0.05) is 18.4 Å². The molecule has 0 saturated heterocycles. The Kier molecular flexibility index (Phi) is 8.10. The molecule has 0 unspecified atom stereocenters. The molecule has 0 spiro atoms. The maximum Gasteiger partial charge on any atom is 0.119 e. The second kappa shape index (κ2) is 9.49. The number of halogens is 1. The number of para-hydroxylation sites is 1. The molecule has 0 saturated carbocycles. The van der Waals surface area contributed by atoms with Crippen LogP contribution in [0.25, 0.3) is 0 Å². The van der Waals surface area contributed by atoms with E-state index in [0.717, 1.165) is 37.2 Å². The highest BCUT2D eigenvalue weighted by molar-refractivity contribution is 9.09. The molecule has 3 heteroatoms. The standard InChI is InChI=1S/C14H22BrNO/c1-2-10-16(12-9-15)11-6-13-17-14-7-4-3-5-8-14/h3-5,7-8H,2,6,9-13H2,1H3. The normalized spacial score (nSPS) is 10.8. The van der Waals surface area contributed by atoms with Crippen LogP contribution >= 0.6 is 15.9 Å². The van der Waals surface area contributed by atoms with Crippen LogP contribution in [0.4, 0.5) is 0 Å². The Bertz CT molecular complexity index is 273. The Morgan fingerprint density at radius 3 is 2.53 bits per heavy atom. The minimum atomic E-state index is 0.798. The van der Waals surface area contributed by atoms with Gasteiger partial charge in [-0.1, -0.05) is 41.1 Å². The van der Waals surface area contributed by atoms with Crippen LogP contribution in [0.1, 0.15) is 19.8 Å². The molecular formula is C14H22BrNO. The molecule has 17 heavy (non-hydrogen) atoms. The number of hydrogen-bond acceptors (Lipinski definition) is 2. The van der Waals surface area contributed by atoms with Gasteiger partial charge >= 0.3 is 0 Å². The van der Waals surface area contributed by atoms with E-state index in [-0.39, 0.29) is 0 Å². The van der Waals surface area contributed by atoms with E-state index in [0.29, 0.717) is 0 Å². The van der Waals surface area contributed by atoms with Crippen molar-refractivity contribution in [2.45, 2.75) is 19.8 Å². The Morgan fingerprint density at radius 1 is 1.12 bits per heavy atom. The van der Waals surface area contributed by atoms with Gasteiger partial charge in [0.1, 0.15) is 5.75 Å².